The van der Waals surface area contributed by atoms with Gasteiger partial charge in [0.25, 0.3) is 0 Å². The largest absolute Gasteiger partial charge is 0.480 e. The van der Waals surface area contributed by atoms with Crippen molar-refractivity contribution >= 4 is 12.0 Å². The topological polar surface area (TPSA) is 78.4 Å². The van der Waals surface area contributed by atoms with E-state index in [0.717, 1.165) is 12.8 Å². The molecule has 82 valence electrons. The number of amides is 2. The third-order valence-electron chi connectivity index (χ3n) is 1.82. The van der Waals surface area contributed by atoms with Crippen molar-refractivity contribution in [1.82, 2.24) is 10.6 Å². The van der Waals surface area contributed by atoms with Gasteiger partial charge >= 0.3 is 12.0 Å². The van der Waals surface area contributed by atoms with E-state index in [4.69, 9.17) is 5.11 Å². The highest BCUT2D eigenvalue weighted by Gasteiger charge is 2.14. The van der Waals surface area contributed by atoms with Crippen LogP contribution in [-0.4, -0.2) is 29.2 Å². The maximum absolute atomic E-state index is 11.2. The summed E-state index contributed by atoms with van der Waals surface area (Å²) in [6.07, 6.45) is 1.87. The van der Waals surface area contributed by atoms with Crippen LogP contribution >= 0.6 is 0 Å². The van der Waals surface area contributed by atoms with Crippen molar-refractivity contribution in [2.75, 3.05) is 0 Å². The molecule has 0 aromatic carbocycles. The maximum atomic E-state index is 11.2. The number of carbonyl (C=O) groups is 2. The smallest absolute Gasteiger partial charge is 0.325 e. The maximum Gasteiger partial charge on any atom is 0.325 e. The van der Waals surface area contributed by atoms with Crippen molar-refractivity contribution in [2.24, 2.45) is 0 Å². The Morgan fingerprint density at radius 1 is 1.29 bits per heavy atom. The quantitative estimate of drug-likeness (QED) is 0.621. The summed E-state index contributed by atoms with van der Waals surface area (Å²) in [6, 6.07) is -1.22. The first-order valence-electron chi connectivity index (χ1n) is 4.77. The van der Waals surface area contributed by atoms with E-state index < -0.39 is 18.0 Å². The average Bonchev–Trinajstić information content (AvgIpc) is 2.03. The van der Waals surface area contributed by atoms with Gasteiger partial charge in [-0.3, -0.25) is 4.79 Å². The molecule has 2 atom stereocenters. The Bertz CT molecular complexity index is 206. The summed E-state index contributed by atoms with van der Waals surface area (Å²) in [5.74, 6) is -1.04. The van der Waals surface area contributed by atoms with E-state index in [1.807, 2.05) is 13.8 Å². The van der Waals surface area contributed by atoms with Crippen LogP contribution in [0.25, 0.3) is 0 Å². The molecule has 0 aliphatic heterocycles. The SMILES string of the molecule is CCCC(C)NC(=O)NC(C)C(=O)O. The van der Waals surface area contributed by atoms with Gasteiger partial charge in [-0.15, -0.1) is 0 Å². The predicted octanol–water partition coefficient (Wildman–Crippen LogP) is 0.947. The zero-order chi connectivity index (χ0) is 11.1. The van der Waals surface area contributed by atoms with Gasteiger partial charge in [-0.2, -0.15) is 0 Å². The molecule has 0 spiro atoms. The van der Waals surface area contributed by atoms with Gasteiger partial charge in [0.15, 0.2) is 0 Å². The molecule has 14 heavy (non-hydrogen) atoms. The van der Waals surface area contributed by atoms with Crippen molar-refractivity contribution in [3.63, 3.8) is 0 Å². The highest BCUT2D eigenvalue weighted by Crippen LogP contribution is 1.94. The molecular weight excluding hydrogens is 184 g/mol. The molecule has 3 N–H and O–H groups in total. The molecule has 0 rings (SSSR count). The number of rotatable bonds is 5. The van der Waals surface area contributed by atoms with Crippen LogP contribution < -0.4 is 10.6 Å². The lowest BCUT2D eigenvalue weighted by molar-refractivity contribution is -0.138. The predicted molar refractivity (Wildman–Crippen MR) is 53.1 cm³/mol. The van der Waals surface area contributed by atoms with Crippen LogP contribution in [0.1, 0.15) is 33.6 Å². The van der Waals surface area contributed by atoms with E-state index in [1.165, 1.54) is 6.92 Å². The summed E-state index contributed by atoms with van der Waals surface area (Å²) < 4.78 is 0. The first-order valence-corrected chi connectivity index (χ1v) is 4.77. The van der Waals surface area contributed by atoms with Crippen LogP contribution in [0.5, 0.6) is 0 Å². The molecule has 2 amide bonds. The van der Waals surface area contributed by atoms with Crippen molar-refractivity contribution in [3.05, 3.63) is 0 Å². The second-order valence-corrected chi connectivity index (χ2v) is 3.37. The summed E-state index contributed by atoms with van der Waals surface area (Å²) in [5.41, 5.74) is 0. The van der Waals surface area contributed by atoms with Crippen LogP contribution in [0.4, 0.5) is 4.79 Å². The summed E-state index contributed by atoms with van der Waals surface area (Å²) in [5, 5.41) is 13.5. The summed E-state index contributed by atoms with van der Waals surface area (Å²) in [7, 11) is 0. The number of urea groups is 1. The number of carboxylic acid groups (broad SMARTS) is 1. The lowest BCUT2D eigenvalue weighted by Gasteiger charge is -2.15. The van der Waals surface area contributed by atoms with Gasteiger partial charge < -0.3 is 15.7 Å². The van der Waals surface area contributed by atoms with E-state index in [1.54, 1.807) is 0 Å². The fourth-order valence-electron chi connectivity index (χ4n) is 1.03. The number of carbonyl (C=O) groups excluding carboxylic acids is 1. The lowest BCUT2D eigenvalue weighted by Crippen LogP contribution is -2.47. The molecule has 0 bridgehead atoms. The van der Waals surface area contributed by atoms with Gasteiger partial charge in [0, 0.05) is 6.04 Å². The number of hydrogen-bond acceptors (Lipinski definition) is 2. The molecule has 0 aliphatic rings. The van der Waals surface area contributed by atoms with E-state index in [2.05, 4.69) is 10.6 Å². The minimum absolute atomic E-state index is 0.0704. The van der Waals surface area contributed by atoms with Gasteiger partial charge in [0.05, 0.1) is 0 Å². The van der Waals surface area contributed by atoms with Crippen molar-refractivity contribution in [1.29, 1.82) is 0 Å². The summed E-state index contributed by atoms with van der Waals surface area (Å²) in [4.78, 5) is 21.6. The molecule has 0 aromatic heterocycles. The molecule has 0 radical (unpaired) electrons. The third kappa shape index (κ3) is 5.40. The number of aliphatic carboxylic acids is 1. The number of carboxylic acids is 1. The monoisotopic (exact) mass is 202 g/mol. The Morgan fingerprint density at radius 2 is 1.86 bits per heavy atom. The molecule has 0 heterocycles. The van der Waals surface area contributed by atoms with Gasteiger partial charge in [-0.05, 0) is 20.3 Å². The Labute approximate surface area is 83.9 Å². The van der Waals surface area contributed by atoms with Gasteiger partial charge in [0.2, 0.25) is 0 Å². The molecule has 0 saturated heterocycles. The van der Waals surface area contributed by atoms with Crippen LogP contribution in [0.3, 0.4) is 0 Å². The lowest BCUT2D eigenvalue weighted by atomic mass is 10.2. The first kappa shape index (κ1) is 12.7. The molecule has 0 aromatic rings. The fourth-order valence-corrected chi connectivity index (χ4v) is 1.03. The van der Waals surface area contributed by atoms with Crippen LogP contribution in [-0.2, 0) is 4.79 Å². The van der Waals surface area contributed by atoms with E-state index in [-0.39, 0.29) is 6.04 Å². The molecule has 0 fully saturated rings. The third-order valence-corrected chi connectivity index (χ3v) is 1.82. The zero-order valence-corrected chi connectivity index (χ0v) is 8.83. The van der Waals surface area contributed by atoms with Crippen LogP contribution in [0.2, 0.25) is 0 Å². The van der Waals surface area contributed by atoms with Crippen LogP contribution in [0, 0.1) is 0 Å². The second kappa shape index (κ2) is 6.23. The summed E-state index contributed by atoms with van der Waals surface area (Å²) >= 11 is 0. The Balaban J connectivity index is 3.80. The average molecular weight is 202 g/mol. The highest BCUT2D eigenvalue weighted by molar-refractivity contribution is 5.82. The minimum atomic E-state index is -1.04. The van der Waals surface area contributed by atoms with Crippen LogP contribution in [0.15, 0.2) is 0 Å². The fraction of sp³-hybridized carbons (Fsp3) is 0.778. The van der Waals surface area contributed by atoms with E-state index in [9.17, 15) is 9.59 Å². The molecule has 5 nitrogen and oxygen atoms in total. The Kier molecular flexibility index (Phi) is 5.67. The highest BCUT2D eigenvalue weighted by atomic mass is 16.4. The van der Waals surface area contributed by atoms with E-state index in [0.29, 0.717) is 0 Å². The summed E-state index contributed by atoms with van der Waals surface area (Å²) in [6.45, 7) is 5.33. The molecule has 0 aliphatic carbocycles. The molecular formula is C9H18N2O3. The van der Waals surface area contributed by atoms with Gasteiger partial charge in [-0.25, -0.2) is 4.79 Å². The van der Waals surface area contributed by atoms with Gasteiger partial charge in [0.1, 0.15) is 6.04 Å². The van der Waals surface area contributed by atoms with Crippen molar-refractivity contribution < 1.29 is 14.7 Å². The standard InChI is InChI=1S/C9H18N2O3/c1-4-5-6(2)10-9(14)11-7(3)8(12)13/h6-7H,4-5H2,1-3H3,(H,12,13)(H2,10,11,14). The first-order chi connectivity index (χ1) is 6.47. The molecule has 5 heteroatoms. The molecule has 2 unspecified atom stereocenters. The normalized spacial score (nSPS) is 14.2. The zero-order valence-electron chi connectivity index (χ0n) is 8.83. The second-order valence-electron chi connectivity index (χ2n) is 3.37. The van der Waals surface area contributed by atoms with Crippen molar-refractivity contribution in [2.45, 2.75) is 45.7 Å². The number of nitrogens with one attached hydrogen (secondary N) is 2. The Morgan fingerprint density at radius 3 is 2.29 bits per heavy atom. The Hall–Kier alpha value is -1.26. The minimum Gasteiger partial charge on any atom is -0.480 e. The van der Waals surface area contributed by atoms with E-state index >= 15 is 0 Å². The number of hydrogen-bond donors (Lipinski definition) is 3. The van der Waals surface area contributed by atoms with Crippen molar-refractivity contribution in [3.8, 4) is 0 Å². The molecule has 0 saturated carbocycles. The van der Waals surface area contributed by atoms with Gasteiger partial charge in [-0.1, -0.05) is 13.3 Å².